The summed E-state index contributed by atoms with van der Waals surface area (Å²) in [5.41, 5.74) is 0. The minimum Gasteiger partial charge on any atom is -0.358 e. The SMILES string of the molecule is CNC1CCC(N(C)c2nc3sccn3c2[N+](=O)[O-])CC1. The molecule has 0 amide bonds. The summed E-state index contributed by atoms with van der Waals surface area (Å²) in [4.78, 5) is 18.2. The van der Waals surface area contributed by atoms with E-state index in [1.54, 1.807) is 10.6 Å². The Bertz CT molecular complexity index is 644. The molecule has 0 aromatic carbocycles. The van der Waals surface area contributed by atoms with E-state index < -0.39 is 0 Å². The predicted octanol–water partition coefficient (Wildman–Crippen LogP) is 2.27. The van der Waals surface area contributed by atoms with Crippen LogP contribution in [0.25, 0.3) is 4.96 Å². The zero-order valence-corrected chi connectivity index (χ0v) is 13.0. The van der Waals surface area contributed by atoms with Crippen LogP contribution in [0.3, 0.4) is 0 Å². The lowest BCUT2D eigenvalue weighted by molar-refractivity contribution is -0.389. The summed E-state index contributed by atoms with van der Waals surface area (Å²) >= 11 is 1.42. The third-order valence-corrected chi connectivity index (χ3v) is 5.14. The molecule has 1 aliphatic rings. The highest BCUT2D eigenvalue weighted by atomic mass is 32.1. The largest absolute Gasteiger partial charge is 0.373 e. The number of imidazole rings is 1. The summed E-state index contributed by atoms with van der Waals surface area (Å²) in [6.07, 6.45) is 5.97. The second-order valence-electron chi connectivity index (χ2n) is 5.48. The van der Waals surface area contributed by atoms with Crippen LogP contribution in [0.4, 0.5) is 11.6 Å². The van der Waals surface area contributed by atoms with Crippen LogP contribution < -0.4 is 10.2 Å². The number of thiazole rings is 1. The standard InChI is InChI=1S/C13H19N5O2S/c1-14-9-3-5-10(6-4-9)16(2)11-12(18(19)20)17-7-8-21-13(17)15-11/h7-10,14H,3-6H2,1-2H3. The summed E-state index contributed by atoms with van der Waals surface area (Å²) in [6.45, 7) is 0. The number of nitrogens with zero attached hydrogens (tertiary/aromatic N) is 4. The van der Waals surface area contributed by atoms with Crippen molar-refractivity contribution in [1.29, 1.82) is 0 Å². The average molecular weight is 309 g/mol. The first-order valence-electron chi connectivity index (χ1n) is 7.12. The fourth-order valence-electron chi connectivity index (χ4n) is 3.09. The Balaban J connectivity index is 1.87. The van der Waals surface area contributed by atoms with E-state index in [0.717, 1.165) is 25.7 Å². The first-order valence-corrected chi connectivity index (χ1v) is 7.99. The highest BCUT2D eigenvalue weighted by molar-refractivity contribution is 7.15. The number of anilines is 1. The van der Waals surface area contributed by atoms with Gasteiger partial charge in [-0.2, -0.15) is 9.38 Å². The molecule has 114 valence electrons. The summed E-state index contributed by atoms with van der Waals surface area (Å²) in [5, 5.41) is 16.5. The van der Waals surface area contributed by atoms with Gasteiger partial charge in [0.15, 0.2) is 0 Å². The van der Waals surface area contributed by atoms with Crippen molar-refractivity contribution < 1.29 is 4.92 Å². The molecular weight excluding hydrogens is 290 g/mol. The van der Waals surface area contributed by atoms with Crippen molar-refractivity contribution in [3.63, 3.8) is 0 Å². The molecule has 0 saturated heterocycles. The van der Waals surface area contributed by atoms with Gasteiger partial charge in [-0.15, -0.1) is 0 Å². The van der Waals surface area contributed by atoms with Crippen molar-refractivity contribution in [1.82, 2.24) is 14.7 Å². The van der Waals surface area contributed by atoms with E-state index in [1.165, 1.54) is 11.3 Å². The summed E-state index contributed by atoms with van der Waals surface area (Å²) < 4.78 is 1.57. The Morgan fingerprint density at radius 3 is 2.81 bits per heavy atom. The Morgan fingerprint density at radius 2 is 2.19 bits per heavy atom. The monoisotopic (exact) mass is 309 g/mol. The van der Waals surface area contributed by atoms with Gasteiger partial charge in [0.2, 0.25) is 5.82 Å². The molecule has 2 aromatic heterocycles. The van der Waals surface area contributed by atoms with Crippen molar-refractivity contribution in [3.05, 3.63) is 21.7 Å². The van der Waals surface area contributed by atoms with E-state index in [0.29, 0.717) is 22.9 Å². The Morgan fingerprint density at radius 1 is 1.48 bits per heavy atom. The third-order valence-electron chi connectivity index (χ3n) is 4.38. The lowest BCUT2D eigenvalue weighted by Crippen LogP contribution is -2.40. The van der Waals surface area contributed by atoms with E-state index in [1.807, 2.05) is 24.4 Å². The van der Waals surface area contributed by atoms with Gasteiger partial charge < -0.3 is 20.3 Å². The first kappa shape index (κ1) is 14.3. The molecular formula is C13H19N5O2S. The van der Waals surface area contributed by atoms with E-state index in [9.17, 15) is 10.1 Å². The molecule has 1 aliphatic carbocycles. The van der Waals surface area contributed by atoms with Crippen LogP contribution in [0, 0.1) is 10.1 Å². The van der Waals surface area contributed by atoms with E-state index in [4.69, 9.17) is 0 Å². The van der Waals surface area contributed by atoms with Crippen molar-refractivity contribution >= 4 is 27.9 Å². The minimum absolute atomic E-state index is 0.0736. The number of nitrogens with one attached hydrogen (secondary N) is 1. The lowest BCUT2D eigenvalue weighted by atomic mass is 9.90. The van der Waals surface area contributed by atoms with E-state index >= 15 is 0 Å². The van der Waals surface area contributed by atoms with Crippen molar-refractivity contribution in [2.45, 2.75) is 37.8 Å². The molecule has 3 rings (SSSR count). The van der Waals surface area contributed by atoms with Gasteiger partial charge in [-0.3, -0.25) is 0 Å². The molecule has 0 bridgehead atoms. The second kappa shape index (κ2) is 5.61. The molecule has 0 radical (unpaired) electrons. The van der Waals surface area contributed by atoms with Gasteiger partial charge in [0, 0.05) is 24.5 Å². The molecule has 7 nitrogen and oxygen atoms in total. The van der Waals surface area contributed by atoms with E-state index in [2.05, 4.69) is 10.3 Å². The maximum absolute atomic E-state index is 11.4. The molecule has 1 fully saturated rings. The number of hydrogen-bond donors (Lipinski definition) is 1. The second-order valence-corrected chi connectivity index (χ2v) is 6.35. The van der Waals surface area contributed by atoms with Gasteiger partial charge in [-0.25, -0.2) is 0 Å². The van der Waals surface area contributed by atoms with Gasteiger partial charge in [0.1, 0.15) is 6.20 Å². The van der Waals surface area contributed by atoms with E-state index in [-0.39, 0.29) is 10.7 Å². The molecule has 0 aliphatic heterocycles. The molecule has 1 N–H and O–H groups in total. The summed E-state index contributed by atoms with van der Waals surface area (Å²) in [6, 6.07) is 0.882. The number of rotatable bonds is 4. The van der Waals surface area contributed by atoms with Crippen molar-refractivity contribution in [3.8, 4) is 0 Å². The minimum atomic E-state index is -0.336. The molecule has 1 saturated carbocycles. The number of aromatic nitrogens is 2. The maximum Gasteiger partial charge on any atom is 0.373 e. The summed E-state index contributed by atoms with van der Waals surface area (Å²) in [5.74, 6) is 0.559. The molecule has 0 unspecified atom stereocenters. The van der Waals surface area contributed by atoms with Crippen LogP contribution in [-0.4, -0.2) is 40.5 Å². The topological polar surface area (TPSA) is 75.7 Å². The van der Waals surface area contributed by atoms with Crippen LogP contribution >= 0.6 is 11.3 Å². The lowest BCUT2D eigenvalue weighted by Gasteiger charge is -2.34. The number of fused-ring (bicyclic) bond motifs is 1. The van der Waals surface area contributed by atoms with Crippen LogP contribution in [0.5, 0.6) is 0 Å². The zero-order chi connectivity index (χ0) is 15.0. The molecule has 0 atom stereocenters. The van der Waals surface area contributed by atoms with Crippen molar-refractivity contribution in [2.75, 3.05) is 19.0 Å². The number of nitro groups is 1. The van der Waals surface area contributed by atoms with Gasteiger partial charge in [-0.1, -0.05) is 11.3 Å². The fourth-order valence-corrected chi connectivity index (χ4v) is 3.80. The van der Waals surface area contributed by atoms with Crippen molar-refractivity contribution in [2.24, 2.45) is 0 Å². The quantitative estimate of drug-likeness (QED) is 0.692. The highest BCUT2D eigenvalue weighted by Crippen LogP contribution is 2.34. The third kappa shape index (κ3) is 2.49. The maximum atomic E-state index is 11.4. The summed E-state index contributed by atoms with van der Waals surface area (Å²) in [7, 11) is 3.91. The van der Waals surface area contributed by atoms with Crippen LogP contribution in [0.2, 0.25) is 0 Å². The molecule has 2 heterocycles. The highest BCUT2D eigenvalue weighted by Gasteiger charge is 2.31. The molecule has 2 aromatic rings. The molecule has 21 heavy (non-hydrogen) atoms. The first-order chi connectivity index (χ1) is 10.1. The van der Waals surface area contributed by atoms with Gasteiger partial charge >= 0.3 is 5.82 Å². The molecule has 0 spiro atoms. The van der Waals surface area contributed by atoms with Crippen LogP contribution in [0.1, 0.15) is 25.7 Å². The normalized spacial score (nSPS) is 22.6. The average Bonchev–Trinajstić information content (AvgIpc) is 3.06. The Kier molecular flexibility index (Phi) is 3.81. The van der Waals surface area contributed by atoms with Gasteiger partial charge in [0.05, 0.1) is 0 Å². The molecule has 8 heteroatoms. The van der Waals surface area contributed by atoms with Crippen LogP contribution in [0.15, 0.2) is 11.6 Å². The Labute approximate surface area is 126 Å². The number of hydrogen-bond acceptors (Lipinski definition) is 6. The van der Waals surface area contributed by atoms with Gasteiger partial charge in [0.25, 0.3) is 4.96 Å². The smallest absolute Gasteiger partial charge is 0.358 e. The zero-order valence-electron chi connectivity index (χ0n) is 12.2. The Hall–Kier alpha value is -1.67. The fraction of sp³-hybridized carbons (Fsp3) is 0.615. The predicted molar refractivity (Wildman–Crippen MR) is 83.2 cm³/mol. The van der Waals surface area contributed by atoms with Crippen LogP contribution in [-0.2, 0) is 0 Å². The van der Waals surface area contributed by atoms with Gasteiger partial charge in [-0.05, 0) is 37.7 Å².